The minimum atomic E-state index is 0.607. The van der Waals surface area contributed by atoms with Gasteiger partial charge in [0.25, 0.3) is 0 Å². The van der Waals surface area contributed by atoms with E-state index in [9.17, 15) is 0 Å². The molecule has 0 atom stereocenters. The topological polar surface area (TPSA) is 41.1 Å². The lowest BCUT2D eigenvalue weighted by Crippen LogP contribution is -2.20. The summed E-state index contributed by atoms with van der Waals surface area (Å²) in [5, 5.41) is 3.93. The molecule has 1 aromatic heterocycles. The SMILES string of the molecule is CCCCN(C)c1cc(C)nc(Nc2ccc(Cl)cc2)n1. The smallest absolute Gasteiger partial charge is 0.229 e. The van der Waals surface area contributed by atoms with Gasteiger partial charge in [-0.1, -0.05) is 24.9 Å². The summed E-state index contributed by atoms with van der Waals surface area (Å²) in [6.45, 7) is 5.16. The molecule has 0 unspecified atom stereocenters. The summed E-state index contributed by atoms with van der Waals surface area (Å²) in [6, 6.07) is 9.51. The second kappa shape index (κ2) is 7.27. The maximum atomic E-state index is 5.89. The highest BCUT2D eigenvalue weighted by atomic mass is 35.5. The number of benzene rings is 1. The standard InChI is InChI=1S/C16H21ClN4/c1-4-5-10-21(3)15-11-12(2)18-16(20-15)19-14-8-6-13(17)7-9-14/h6-9,11H,4-5,10H2,1-3H3,(H,18,19,20). The Bertz CT molecular complexity index is 583. The van der Waals surface area contributed by atoms with Crippen molar-refractivity contribution >= 4 is 29.1 Å². The minimum Gasteiger partial charge on any atom is -0.360 e. The molecule has 4 nitrogen and oxygen atoms in total. The van der Waals surface area contributed by atoms with Gasteiger partial charge in [-0.3, -0.25) is 0 Å². The molecule has 1 N–H and O–H groups in total. The molecule has 1 heterocycles. The average Bonchev–Trinajstić information content (AvgIpc) is 2.46. The number of nitrogens with zero attached hydrogens (tertiary/aromatic N) is 3. The van der Waals surface area contributed by atoms with Gasteiger partial charge >= 0.3 is 0 Å². The highest BCUT2D eigenvalue weighted by Crippen LogP contribution is 2.19. The molecule has 0 fully saturated rings. The molecular weight excluding hydrogens is 284 g/mol. The van der Waals surface area contributed by atoms with Gasteiger partial charge in [-0.05, 0) is 37.6 Å². The van der Waals surface area contributed by atoms with Crippen molar-refractivity contribution in [3.63, 3.8) is 0 Å². The van der Waals surface area contributed by atoms with E-state index in [1.54, 1.807) is 0 Å². The van der Waals surface area contributed by atoms with E-state index in [0.717, 1.165) is 30.2 Å². The Morgan fingerprint density at radius 1 is 1.19 bits per heavy atom. The minimum absolute atomic E-state index is 0.607. The first-order valence-electron chi connectivity index (χ1n) is 7.18. The fourth-order valence-electron chi connectivity index (χ4n) is 1.98. The van der Waals surface area contributed by atoms with Crippen molar-refractivity contribution in [1.29, 1.82) is 0 Å². The molecule has 112 valence electrons. The van der Waals surface area contributed by atoms with Crippen LogP contribution in [-0.2, 0) is 0 Å². The number of rotatable bonds is 6. The largest absolute Gasteiger partial charge is 0.360 e. The van der Waals surface area contributed by atoms with Crippen LogP contribution in [0.2, 0.25) is 5.02 Å². The van der Waals surface area contributed by atoms with Crippen LogP contribution in [-0.4, -0.2) is 23.6 Å². The van der Waals surface area contributed by atoms with E-state index in [1.807, 2.05) is 37.3 Å². The van der Waals surface area contributed by atoms with E-state index >= 15 is 0 Å². The van der Waals surface area contributed by atoms with Gasteiger partial charge in [0, 0.05) is 36.1 Å². The van der Waals surface area contributed by atoms with Crippen molar-refractivity contribution < 1.29 is 0 Å². The lowest BCUT2D eigenvalue weighted by atomic mass is 10.3. The number of nitrogens with one attached hydrogen (secondary N) is 1. The molecule has 5 heteroatoms. The van der Waals surface area contributed by atoms with Crippen LogP contribution in [0.1, 0.15) is 25.5 Å². The number of halogens is 1. The van der Waals surface area contributed by atoms with E-state index in [0.29, 0.717) is 11.0 Å². The third-order valence-corrected chi connectivity index (χ3v) is 3.43. The van der Waals surface area contributed by atoms with E-state index in [1.165, 1.54) is 6.42 Å². The van der Waals surface area contributed by atoms with Crippen LogP contribution in [0.25, 0.3) is 0 Å². The van der Waals surface area contributed by atoms with Crippen molar-refractivity contribution in [3.05, 3.63) is 41.0 Å². The van der Waals surface area contributed by atoms with E-state index in [2.05, 4.69) is 34.2 Å². The number of anilines is 3. The molecule has 0 aliphatic rings. The highest BCUT2D eigenvalue weighted by molar-refractivity contribution is 6.30. The van der Waals surface area contributed by atoms with Gasteiger partial charge in [0.05, 0.1) is 0 Å². The number of hydrogen-bond acceptors (Lipinski definition) is 4. The number of hydrogen-bond donors (Lipinski definition) is 1. The van der Waals surface area contributed by atoms with Crippen molar-refractivity contribution in [1.82, 2.24) is 9.97 Å². The number of unbranched alkanes of at least 4 members (excludes halogenated alkanes) is 1. The Balaban J connectivity index is 2.16. The van der Waals surface area contributed by atoms with Gasteiger partial charge in [-0.25, -0.2) is 4.98 Å². The molecule has 0 spiro atoms. The third-order valence-electron chi connectivity index (χ3n) is 3.18. The molecule has 2 rings (SSSR count). The van der Waals surface area contributed by atoms with Gasteiger partial charge in [-0.15, -0.1) is 0 Å². The van der Waals surface area contributed by atoms with Crippen LogP contribution >= 0.6 is 11.6 Å². The number of aromatic nitrogens is 2. The highest BCUT2D eigenvalue weighted by Gasteiger charge is 2.07. The Morgan fingerprint density at radius 2 is 1.90 bits per heavy atom. The average molecular weight is 305 g/mol. The zero-order valence-corrected chi connectivity index (χ0v) is 13.5. The summed E-state index contributed by atoms with van der Waals surface area (Å²) < 4.78 is 0. The van der Waals surface area contributed by atoms with Crippen LogP contribution < -0.4 is 10.2 Å². The fraction of sp³-hybridized carbons (Fsp3) is 0.375. The van der Waals surface area contributed by atoms with E-state index < -0.39 is 0 Å². The zero-order chi connectivity index (χ0) is 15.2. The lowest BCUT2D eigenvalue weighted by molar-refractivity contribution is 0.758. The second-order valence-electron chi connectivity index (χ2n) is 5.10. The third kappa shape index (κ3) is 4.60. The van der Waals surface area contributed by atoms with E-state index in [-0.39, 0.29) is 0 Å². The van der Waals surface area contributed by atoms with Crippen molar-refractivity contribution in [3.8, 4) is 0 Å². The van der Waals surface area contributed by atoms with Crippen molar-refractivity contribution in [2.24, 2.45) is 0 Å². The Labute approximate surface area is 131 Å². The quantitative estimate of drug-likeness (QED) is 0.858. The molecule has 2 aromatic rings. The first kappa shape index (κ1) is 15.6. The van der Waals surface area contributed by atoms with Crippen LogP contribution in [0.15, 0.2) is 30.3 Å². The molecule has 0 saturated carbocycles. The molecule has 1 aromatic carbocycles. The van der Waals surface area contributed by atoms with Crippen molar-refractivity contribution in [2.75, 3.05) is 23.8 Å². The monoisotopic (exact) mass is 304 g/mol. The lowest BCUT2D eigenvalue weighted by Gasteiger charge is -2.19. The van der Waals surface area contributed by atoms with Crippen LogP contribution in [0.5, 0.6) is 0 Å². The predicted octanol–water partition coefficient (Wildman–Crippen LogP) is 4.42. The summed E-state index contributed by atoms with van der Waals surface area (Å²) in [6.07, 6.45) is 2.32. The number of aryl methyl sites for hydroxylation is 1. The molecule has 0 bridgehead atoms. The normalized spacial score (nSPS) is 10.5. The summed E-state index contributed by atoms with van der Waals surface area (Å²) in [5.74, 6) is 1.54. The first-order valence-corrected chi connectivity index (χ1v) is 7.55. The second-order valence-corrected chi connectivity index (χ2v) is 5.53. The maximum Gasteiger partial charge on any atom is 0.229 e. The van der Waals surface area contributed by atoms with Gasteiger partial charge in [0.1, 0.15) is 5.82 Å². The molecule has 0 saturated heterocycles. The predicted molar refractivity (Wildman–Crippen MR) is 89.7 cm³/mol. The Morgan fingerprint density at radius 3 is 2.57 bits per heavy atom. The summed E-state index contributed by atoms with van der Waals surface area (Å²) >= 11 is 5.89. The molecule has 0 amide bonds. The van der Waals surface area contributed by atoms with Crippen LogP contribution in [0, 0.1) is 6.92 Å². The molecule has 0 aliphatic carbocycles. The Hall–Kier alpha value is -1.81. The molecule has 21 heavy (non-hydrogen) atoms. The van der Waals surface area contributed by atoms with Gasteiger partial charge < -0.3 is 10.2 Å². The zero-order valence-electron chi connectivity index (χ0n) is 12.7. The van der Waals surface area contributed by atoms with Crippen LogP contribution in [0.3, 0.4) is 0 Å². The fourth-order valence-corrected chi connectivity index (χ4v) is 2.10. The van der Waals surface area contributed by atoms with Gasteiger partial charge in [-0.2, -0.15) is 4.98 Å². The summed E-state index contributed by atoms with van der Waals surface area (Å²) in [5.41, 5.74) is 1.87. The van der Waals surface area contributed by atoms with Crippen molar-refractivity contribution in [2.45, 2.75) is 26.7 Å². The molecular formula is C16H21ClN4. The van der Waals surface area contributed by atoms with Crippen LogP contribution in [0.4, 0.5) is 17.5 Å². The maximum absolute atomic E-state index is 5.89. The molecule has 0 radical (unpaired) electrons. The van der Waals surface area contributed by atoms with E-state index in [4.69, 9.17) is 11.6 Å². The molecule has 0 aliphatic heterocycles. The van der Waals surface area contributed by atoms with Gasteiger partial charge in [0.15, 0.2) is 0 Å². The first-order chi connectivity index (χ1) is 10.1. The summed E-state index contributed by atoms with van der Waals surface area (Å²) in [4.78, 5) is 11.2. The van der Waals surface area contributed by atoms with Gasteiger partial charge in [0.2, 0.25) is 5.95 Å². The summed E-state index contributed by atoms with van der Waals surface area (Å²) in [7, 11) is 2.06. The Kier molecular flexibility index (Phi) is 5.39.